The van der Waals surface area contributed by atoms with Gasteiger partial charge >= 0.3 is 5.97 Å². The molecule has 0 fully saturated rings. The van der Waals surface area contributed by atoms with Crippen LogP contribution >= 0.6 is 22.6 Å². The highest BCUT2D eigenvalue weighted by atomic mass is 127. The van der Waals surface area contributed by atoms with Gasteiger partial charge in [0, 0.05) is 21.1 Å². The Morgan fingerprint density at radius 3 is 2.17 bits per heavy atom. The second-order valence-corrected chi connectivity index (χ2v) is 4.98. The third-order valence-electron chi connectivity index (χ3n) is 2.24. The summed E-state index contributed by atoms with van der Waals surface area (Å²) in [5.41, 5.74) is 0.250. The molecule has 0 atom stereocenters. The molecule has 0 saturated carbocycles. The number of carboxylic acid groups (broad SMARTS) is 1. The second-order valence-electron chi connectivity index (χ2n) is 3.73. The lowest BCUT2D eigenvalue weighted by atomic mass is 10.0. The molecule has 0 aliphatic carbocycles. The molecule has 1 rings (SSSR count). The highest BCUT2D eigenvalue weighted by molar-refractivity contribution is 14.1. The van der Waals surface area contributed by atoms with Crippen molar-refractivity contribution in [1.82, 2.24) is 0 Å². The summed E-state index contributed by atoms with van der Waals surface area (Å²) >= 11 is 2.11. The van der Waals surface area contributed by atoms with Crippen LogP contribution in [-0.4, -0.2) is 22.6 Å². The van der Waals surface area contributed by atoms with Crippen LogP contribution in [-0.2, 0) is 9.59 Å². The van der Waals surface area contributed by atoms with Crippen LogP contribution < -0.4 is 0 Å². The van der Waals surface area contributed by atoms with E-state index >= 15 is 0 Å². The van der Waals surface area contributed by atoms with Crippen LogP contribution in [0.3, 0.4) is 0 Å². The summed E-state index contributed by atoms with van der Waals surface area (Å²) in [6.45, 7) is 3.25. The van der Waals surface area contributed by atoms with Crippen LogP contribution in [0.4, 0.5) is 0 Å². The Bertz CT molecular complexity index is 502. The first-order valence-electron chi connectivity index (χ1n) is 5.11. The molecule has 5 heteroatoms. The molecule has 4 nitrogen and oxygen atoms in total. The maximum atomic E-state index is 11.7. The second kappa shape index (κ2) is 6.44. The van der Waals surface area contributed by atoms with E-state index in [2.05, 4.69) is 29.2 Å². The fraction of sp³-hybridized carbons (Fsp3) is 0.154. The van der Waals surface area contributed by atoms with Crippen molar-refractivity contribution in [3.63, 3.8) is 0 Å². The Hall–Kier alpha value is -1.50. The van der Waals surface area contributed by atoms with E-state index in [0.29, 0.717) is 5.56 Å². The van der Waals surface area contributed by atoms with Gasteiger partial charge in [0.05, 0.1) is 6.42 Å². The monoisotopic (exact) mass is 358 g/mol. The maximum absolute atomic E-state index is 11.7. The standard InChI is InChI=1S/C13H11IO4/c1-8(13(17)18)6-11(15)7-12(16)9-2-4-10(14)5-3-9/h2-5H,1,6-7H2,(H,17,18). The summed E-state index contributed by atoms with van der Waals surface area (Å²) in [4.78, 5) is 33.7. The molecule has 94 valence electrons. The molecule has 0 spiro atoms. The number of halogens is 1. The lowest BCUT2D eigenvalue weighted by Crippen LogP contribution is -2.11. The van der Waals surface area contributed by atoms with Gasteiger partial charge in [-0.2, -0.15) is 0 Å². The summed E-state index contributed by atoms with van der Waals surface area (Å²) in [6.07, 6.45) is -0.599. The molecule has 1 aromatic carbocycles. The number of carbonyl (C=O) groups excluding carboxylic acids is 2. The van der Waals surface area contributed by atoms with Crippen LogP contribution in [0, 0.1) is 3.57 Å². The number of benzene rings is 1. The SMILES string of the molecule is C=C(CC(=O)CC(=O)c1ccc(I)cc1)C(=O)O. The third kappa shape index (κ3) is 4.40. The van der Waals surface area contributed by atoms with E-state index in [4.69, 9.17) is 5.11 Å². The van der Waals surface area contributed by atoms with Crippen molar-refractivity contribution >= 4 is 40.1 Å². The van der Waals surface area contributed by atoms with Gasteiger partial charge in [-0.3, -0.25) is 9.59 Å². The molecule has 1 aromatic rings. The average molecular weight is 358 g/mol. The largest absolute Gasteiger partial charge is 0.478 e. The quantitative estimate of drug-likeness (QED) is 0.367. The van der Waals surface area contributed by atoms with E-state index < -0.39 is 11.8 Å². The third-order valence-corrected chi connectivity index (χ3v) is 2.96. The molecule has 0 aliphatic rings. The van der Waals surface area contributed by atoms with Crippen molar-refractivity contribution in [2.75, 3.05) is 0 Å². The van der Waals surface area contributed by atoms with Gasteiger partial charge in [0.1, 0.15) is 5.78 Å². The number of aliphatic carboxylic acids is 1. The molecule has 0 heterocycles. The summed E-state index contributed by atoms with van der Waals surface area (Å²) < 4.78 is 0.995. The van der Waals surface area contributed by atoms with Crippen molar-refractivity contribution in [3.8, 4) is 0 Å². The maximum Gasteiger partial charge on any atom is 0.331 e. The number of hydrogen-bond acceptors (Lipinski definition) is 3. The Balaban J connectivity index is 2.60. The number of ketones is 2. The Morgan fingerprint density at radius 1 is 1.11 bits per heavy atom. The van der Waals surface area contributed by atoms with Crippen molar-refractivity contribution in [3.05, 3.63) is 45.6 Å². The highest BCUT2D eigenvalue weighted by Gasteiger charge is 2.15. The summed E-state index contributed by atoms with van der Waals surface area (Å²) in [5, 5.41) is 8.58. The van der Waals surface area contributed by atoms with Gasteiger partial charge in [0.15, 0.2) is 5.78 Å². The topological polar surface area (TPSA) is 71.4 Å². The minimum atomic E-state index is -1.22. The molecule has 0 radical (unpaired) electrons. The lowest BCUT2D eigenvalue weighted by molar-refractivity contribution is -0.133. The first-order chi connectivity index (χ1) is 8.40. The molecule has 18 heavy (non-hydrogen) atoms. The molecule has 0 bridgehead atoms. The van der Waals surface area contributed by atoms with Gasteiger partial charge in [-0.05, 0) is 34.7 Å². The van der Waals surface area contributed by atoms with Gasteiger partial charge in [0.25, 0.3) is 0 Å². The smallest absolute Gasteiger partial charge is 0.331 e. The van der Waals surface area contributed by atoms with E-state index in [1.54, 1.807) is 24.3 Å². The number of rotatable bonds is 6. The van der Waals surface area contributed by atoms with E-state index in [1.165, 1.54) is 0 Å². The molecule has 0 amide bonds. The summed E-state index contributed by atoms with van der Waals surface area (Å²) in [5.74, 6) is -1.97. The van der Waals surface area contributed by atoms with Gasteiger partial charge in [-0.1, -0.05) is 18.7 Å². The Morgan fingerprint density at radius 2 is 1.67 bits per heavy atom. The Kier molecular flexibility index (Phi) is 5.21. The zero-order valence-corrected chi connectivity index (χ0v) is 11.6. The zero-order chi connectivity index (χ0) is 13.7. The van der Waals surface area contributed by atoms with E-state index in [0.717, 1.165) is 3.57 Å². The van der Waals surface area contributed by atoms with Gasteiger partial charge in [-0.15, -0.1) is 0 Å². The molecule has 0 aliphatic heterocycles. The fourth-order valence-corrected chi connectivity index (χ4v) is 1.65. The molecule has 0 unspecified atom stereocenters. The van der Waals surface area contributed by atoms with Crippen LogP contribution in [0.15, 0.2) is 36.4 Å². The number of carbonyl (C=O) groups is 3. The van der Waals surface area contributed by atoms with E-state index in [9.17, 15) is 14.4 Å². The first kappa shape index (κ1) is 14.6. The predicted octanol–water partition coefficient (Wildman–Crippen LogP) is 2.46. The van der Waals surface area contributed by atoms with E-state index in [1.807, 2.05) is 0 Å². The molecular weight excluding hydrogens is 347 g/mol. The predicted molar refractivity (Wildman–Crippen MR) is 74.5 cm³/mol. The van der Waals surface area contributed by atoms with E-state index in [-0.39, 0.29) is 24.2 Å². The number of hydrogen-bond donors (Lipinski definition) is 1. The van der Waals surface area contributed by atoms with Crippen LogP contribution in [0.25, 0.3) is 0 Å². The lowest BCUT2D eigenvalue weighted by Gasteiger charge is -2.01. The summed E-state index contributed by atoms with van der Waals surface area (Å²) in [6, 6.07) is 6.83. The van der Waals surface area contributed by atoms with Crippen LogP contribution in [0.2, 0.25) is 0 Å². The Labute approximate surface area is 118 Å². The highest BCUT2D eigenvalue weighted by Crippen LogP contribution is 2.10. The van der Waals surface area contributed by atoms with Crippen molar-refractivity contribution in [1.29, 1.82) is 0 Å². The molecule has 0 aromatic heterocycles. The zero-order valence-electron chi connectivity index (χ0n) is 9.48. The summed E-state index contributed by atoms with van der Waals surface area (Å²) in [7, 11) is 0. The normalized spacial score (nSPS) is 9.83. The molecule has 0 saturated heterocycles. The average Bonchev–Trinajstić information content (AvgIpc) is 2.29. The van der Waals surface area contributed by atoms with Crippen molar-refractivity contribution in [2.24, 2.45) is 0 Å². The molecular formula is C13H11IO4. The first-order valence-corrected chi connectivity index (χ1v) is 6.19. The van der Waals surface area contributed by atoms with Crippen molar-refractivity contribution in [2.45, 2.75) is 12.8 Å². The van der Waals surface area contributed by atoms with Gasteiger partial charge in [-0.25, -0.2) is 4.79 Å². The minimum Gasteiger partial charge on any atom is -0.478 e. The fourth-order valence-electron chi connectivity index (χ4n) is 1.29. The molecule has 1 N–H and O–H groups in total. The van der Waals surface area contributed by atoms with Gasteiger partial charge < -0.3 is 5.11 Å². The van der Waals surface area contributed by atoms with Crippen LogP contribution in [0.5, 0.6) is 0 Å². The van der Waals surface area contributed by atoms with Gasteiger partial charge in [0.2, 0.25) is 0 Å². The number of Topliss-reactive ketones (excluding diaryl/α,β-unsaturated/α-hetero) is 2. The van der Waals surface area contributed by atoms with Crippen LogP contribution in [0.1, 0.15) is 23.2 Å². The van der Waals surface area contributed by atoms with Crippen molar-refractivity contribution < 1.29 is 19.5 Å². The number of carboxylic acids is 1. The minimum absolute atomic E-state index is 0.199.